The first-order valence-electron chi connectivity index (χ1n) is 0. The van der Waals surface area contributed by atoms with Crippen LogP contribution in [0.1, 0.15) is 0 Å². The Morgan fingerprint density at radius 1 is 0.500 bits per heavy atom. The van der Waals surface area contributed by atoms with Gasteiger partial charge in [-0.2, -0.15) is 0 Å². The number of hydrogen-bond acceptors (Lipinski definition) is 0. The third-order valence-electron chi connectivity index (χ3n) is 0. The molecule has 0 aliphatic rings. The minimum Gasteiger partial charge on any atom is -1.00 e. The van der Waals surface area contributed by atoms with Gasteiger partial charge in [0.25, 0.3) is 0 Å². The average molecular weight is 93.7 g/mol. The molecule has 0 N–H and O–H groups in total. The van der Waals surface area contributed by atoms with Crippen molar-refractivity contribution in [2.75, 3.05) is 0 Å². The van der Waals surface area contributed by atoms with E-state index in [1.165, 1.54) is 0 Å². The number of hydrogen-bond donors (Lipinski definition) is 0. The van der Waals surface area contributed by atoms with Gasteiger partial charge in [-0.3, -0.25) is 0 Å². The van der Waals surface area contributed by atoms with Gasteiger partial charge >= 0.3 is 27.3 Å². The maximum atomic E-state index is 0. The Morgan fingerprint density at radius 2 is 0.500 bits per heavy atom. The molecule has 0 atom stereocenters. The van der Waals surface area contributed by atoms with Crippen LogP contribution >= 0.6 is 0 Å². The smallest absolute Gasteiger partial charge is 1.00 e. The molecule has 0 saturated carbocycles. The molecule has 0 aliphatic heterocycles. The Hall–Kier alpha value is 0.382. The van der Waals surface area contributed by atoms with Gasteiger partial charge in [0.05, 0.1) is 0 Å². The first kappa shape index (κ1) is 1260. The molecule has 6 heavy (non-hydrogen) atoms. The van der Waals surface area contributed by atoms with Gasteiger partial charge in [-0.05, 0) is 0 Å². The Balaban J connectivity index is 0. The fraction of sp³-hybridized carbons (Fsp3) is 0. The fourth-order valence-corrected chi connectivity index (χ4v) is 0. The molecular formula is BF4Li. The van der Waals surface area contributed by atoms with E-state index >= 15 is 0 Å². The molecule has 0 aromatic rings. The second-order valence-electron chi connectivity index (χ2n) is 0. The van der Waals surface area contributed by atoms with Gasteiger partial charge < -0.3 is 18.8 Å². The minimum absolute atomic E-state index is 0. The summed E-state index contributed by atoms with van der Waals surface area (Å²) in [5.41, 5.74) is 0. The van der Waals surface area contributed by atoms with Crippen molar-refractivity contribution < 1.29 is 37.7 Å². The number of halogens is 4. The van der Waals surface area contributed by atoms with E-state index in [2.05, 4.69) is 0 Å². The summed E-state index contributed by atoms with van der Waals surface area (Å²) in [6.07, 6.45) is 0. The van der Waals surface area contributed by atoms with Crippen molar-refractivity contribution in [1.82, 2.24) is 0 Å². The molecule has 32 valence electrons. The summed E-state index contributed by atoms with van der Waals surface area (Å²) in [6.45, 7) is 0. The third-order valence-corrected chi connectivity index (χ3v) is 0. The van der Waals surface area contributed by atoms with E-state index in [4.69, 9.17) is 0 Å². The maximum Gasteiger partial charge on any atom is 3.00 e. The molecule has 0 amide bonds. The molecule has 0 unspecified atom stereocenters. The Morgan fingerprint density at radius 3 is 0.500 bits per heavy atom. The molecular weight excluding hydrogens is 93.7 g/mol. The molecule has 0 heterocycles. The van der Waals surface area contributed by atoms with Crippen LogP contribution in [0.4, 0.5) is 0 Å². The first-order valence-corrected chi connectivity index (χ1v) is 0. The zero-order chi connectivity index (χ0) is 0. The Kier molecular flexibility index (Phi) is 149000. The van der Waals surface area contributed by atoms with E-state index in [1.807, 2.05) is 0 Å². The quantitative estimate of drug-likeness (QED) is 0.206. The van der Waals surface area contributed by atoms with Crippen LogP contribution in [0, 0.1) is 0 Å². The van der Waals surface area contributed by atoms with Crippen LogP contribution in [0.25, 0.3) is 0 Å². The van der Waals surface area contributed by atoms with Crippen molar-refractivity contribution in [2.24, 2.45) is 0 Å². The summed E-state index contributed by atoms with van der Waals surface area (Å²) in [6, 6.07) is 0. The first-order chi connectivity index (χ1) is 0. The van der Waals surface area contributed by atoms with Gasteiger partial charge in [0.1, 0.15) is 0 Å². The van der Waals surface area contributed by atoms with Crippen LogP contribution < -0.4 is 37.7 Å². The standard InChI is InChI=1S/B.4FH.Li/h;4*1H;/q+3;;;;;+1/p-4. The summed E-state index contributed by atoms with van der Waals surface area (Å²) < 4.78 is 0. The zero-order valence-corrected chi connectivity index (χ0v) is 3.09. The molecule has 6 heteroatoms. The van der Waals surface area contributed by atoms with Crippen molar-refractivity contribution >= 4 is 8.41 Å². The minimum atomic E-state index is 0. The van der Waals surface area contributed by atoms with Crippen molar-refractivity contribution in [2.45, 2.75) is 0 Å². The van der Waals surface area contributed by atoms with E-state index in [-0.39, 0.29) is 46.1 Å². The van der Waals surface area contributed by atoms with Crippen molar-refractivity contribution in [1.29, 1.82) is 0 Å². The van der Waals surface area contributed by atoms with Crippen LogP contribution in [0.15, 0.2) is 0 Å². The second-order valence-corrected chi connectivity index (χ2v) is 0. The predicted molar refractivity (Wildman–Crippen MR) is 5.75 cm³/mol. The van der Waals surface area contributed by atoms with Crippen molar-refractivity contribution in [3.8, 4) is 0 Å². The van der Waals surface area contributed by atoms with Crippen LogP contribution in [0.3, 0.4) is 0 Å². The predicted octanol–water partition coefficient (Wildman–Crippen LogP) is -15.4. The Labute approximate surface area is 46.9 Å². The monoisotopic (exact) mass is 94.0 g/mol. The van der Waals surface area contributed by atoms with Crippen LogP contribution in [-0.2, 0) is 0 Å². The molecule has 0 aromatic heterocycles. The fourth-order valence-electron chi connectivity index (χ4n) is 0. The van der Waals surface area contributed by atoms with E-state index in [0.29, 0.717) is 0 Å². The summed E-state index contributed by atoms with van der Waals surface area (Å²) in [5, 5.41) is 0. The SMILES string of the molecule is [B+3].[F-].[F-].[F-].[F-].[Li+]. The van der Waals surface area contributed by atoms with Gasteiger partial charge in [0, 0.05) is 0 Å². The summed E-state index contributed by atoms with van der Waals surface area (Å²) >= 11 is 0. The third kappa shape index (κ3) is 343. The largest absolute Gasteiger partial charge is 3.00 e. The van der Waals surface area contributed by atoms with Crippen molar-refractivity contribution in [3.05, 3.63) is 0 Å². The van der Waals surface area contributed by atoms with E-state index in [9.17, 15) is 0 Å². The zero-order valence-electron chi connectivity index (χ0n) is 3.09. The summed E-state index contributed by atoms with van der Waals surface area (Å²) in [4.78, 5) is 0. The van der Waals surface area contributed by atoms with E-state index in [0.717, 1.165) is 0 Å². The van der Waals surface area contributed by atoms with Gasteiger partial charge in [-0.25, -0.2) is 0 Å². The van der Waals surface area contributed by atoms with E-state index < -0.39 is 0 Å². The van der Waals surface area contributed by atoms with Crippen LogP contribution in [-0.4, -0.2) is 8.41 Å². The molecule has 0 bridgehead atoms. The second kappa shape index (κ2) is 707. The molecule has 0 aliphatic carbocycles. The maximum absolute atomic E-state index is 0. The summed E-state index contributed by atoms with van der Waals surface area (Å²) in [7, 11) is 0. The van der Waals surface area contributed by atoms with Crippen LogP contribution in [0.2, 0.25) is 0 Å². The summed E-state index contributed by atoms with van der Waals surface area (Å²) in [5.74, 6) is 0. The van der Waals surface area contributed by atoms with Gasteiger partial charge in [0.15, 0.2) is 0 Å². The molecule has 0 radical (unpaired) electrons. The molecule has 0 rings (SSSR count). The molecule has 0 spiro atoms. The van der Waals surface area contributed by atoms with Gasteiger partial charge in [-0.15, -0.1) is 0 Å². The molecule has 0 saturated heterocycles. The average Bonchev–Trinajstić information content (AvgIpc) is 0. The normalized spacial score (nSPS) is 0. The van der Waals surface area contributed by atoms with Crippen LogP contribution in [0.5, 0.6) is 0 Å². The van der Waals surface area contributed by atoms with E-state index in [1.54, 1.807) is 0 Å². The number of rotatable bonds is 0. The molecule has 0 nitrogen and oxygen atoms in total. The Bertz CT molecular complexity index is 7.51. The molecule has 0 aromatic carbocycles. The van der Waals surface area contributed by atoms with Crippen molar-refractivity contribution in [3.63, 3.8) is 0 Å². The topological polar surface area (TPSA) is 0 Å². The van der Waals surface area contributed by atoms with Gasteiger partial charge in [0.2, 0.25) is 0 Å². The van der Waals surface area contributed by atoms with Gasteiger partial charge in [-0.1, -0.05) is 0 Å². The molecule has 0 fully saturated rings.